The van der Waals surface area contributed by atoms with Crippen molar-refractivity contribution in [3.05, 3.63) is 179 Å². The van der Waals surface area contributed by atoms with Gasteiger partial charge in [0.15, 0.2) is 6.29 Å². The highest BCUT2D eigenvalue weighted by atomic mass is 32.2. The lowest BCUT2D eigenvalue weighted by Gasteiger charge is -2.49. The van der Waals surface area contributed by atoms with Gasteiger partial charge in [0.05, 0.1) is 110 Å². The molecule has 2 aliphatic heterocycles. The molecule has 528 valence electrons. The van der Waals surface area contributed by atoms with E-state index in [1.807, 2.05) is 0 Å². The number of carbonyl (C=O) groups excluding carboxylic acids is 2. The molecule has 0 saturated carbocycles. The van der Waals surface area contributed by atoms with Gasteiger partial charge in [0, 0.05) is 11.4 Å². The quantitative estimate of drug-likeness (QED) is 0.0184. The molecular formula is C70H85F6N5O15S. The van der Waals surface area contributed by atoms with Crippen LogP contribution >= 0.6 is 0 Å². The normalized spacial score (nSPS) is 20.5. The lowest BCUT2D eigenvalue weighted by molar-refractivity contribution is -0.308. The van der Waals surface area contributed by atoms with Crippen LogP contribution in [-0.4, -0.2) is 129 Å². The number of halogens is 6. The molecule has 0 aromatic heterocycles. The fourth-order valence-electron chi connectivity index (χ4n) is 11.1. The molecule has 4 amide bonds. The minimum atomic E-state index is -4.80. The highest BCUT2D eigenvalue weighted by Gasteiger charge is 2.53. The van der Waals surface area contributed by atoms with E-state index in [4.69, 9.17) is 52.1 Å². The number of amides is 4. The van der Waals surface area contributed by atoms with E-state index in [1.54, 1.807) is 97.1 Å². The smallest absolute Gasteiger partial charge is 0.416 e. The lowest BCUT2D eigenvalue weighted by atomic mass is 9.93. The molecule has 6 aromatic carbocycles. The monoisotopic (exact) mass is 1380 g/mol. The number of nitrogens with one attached hydrogen (secondary N) is 5. The minimum absolute atomic E-state index is 0.00374. The lowest BCUT2D eigenvalue weighted by Crippen LogP contribution is -2.71. The largest absolute Gasteiger partial charge is 0.497 e. The minimum Gasteiger partial charge on any atom is -0.497 e. The van der Waals surface area contributed by atoms with E-state index in [9.17, 15) is 44.3 Å². The van der Waals surface area contributed by atoms with Crippen molar-refractivity contribution in [2.45, 2.75) is 152 Å². The van der Waals surface area contributed by atoms with E-state index < -0.39 is 107 Å². The summed E-state index contributed by atoms with van der Waals surface area (Å²) in [5.41, 5.74) is 0.0419. The second-order valence-electron chi connectivity index (χ2n) is 23.4. The van der Waals surface area contributed by atoms with Crippen LogP contribution in [0, 0.1) is 0 Å². The van der Waals surface area contributed by atoms with Crippen LogP contribution in [0.5, 0.6) is 23.0 Å². The fraction of sp³-hybridized carbons (Fsp3) is 0.457. The van der Waals surface area contributed by atoms with Crippen LogP contribution < -0.4 is 44.9 Å². The Morgan fingerprint density at radius 3 is 1.38 bits per heavy atom. The maximum absolute atomic E-state index is 14.8. The van der Waals surface area contributed by atoms with Crippen molar-refractivity contribution in [2.75, 3.05) is 64.6 Å². The van der Waals surface area contributed by atoms with E-state index in [0.717, 1.165) is 80.5 Å². The Hall–Kier alpha value is -7.73. The third kappa shape index (κ3) is 23.5. The van der Waals surface area contributed by atoms with E-state index in [2.05, 4.69) is 32.9 Å². The number of anilines is 2. The zero-order valence-electron chi connectivity index (χ0n) is 54.7. The first kappa shape index (κ1) is 75.0. The molecule has 2 fully saturated rings. The van der Waals surface area contributed by atoms with Crippen LogP contribution in [0.3, 0.4) is 0 Å². The van der Waals surface area contributed by atoms with Crippen LogP contribution in [0.15, 0.2) is 146 Å². The number of hydrogen-bond acceptors (Lipinski definition) is 15. The van der Waals surface area contributed by atoms with Gasteiger partial charge in [0.1, 0.15) is 53.5 Å². The molecule has 2 saturated heterocycles. The van der Waals surface area contributed by atoms with E-state index in [-0.39, 0.29) is 63.2 Å². The molecule has 5 N–H and O–H groups in total. The predicted octanol–water partition coefficient (Wildman–Crippen LogP) is 13.0. The van der Waals surface area contributed by atoms with Crippen molar-refractivity contribution in [1.29, 1.82) is 0 Å². The van der Waals surface area contributed by atoms with Crippen molar-refractivity contribution in [2.24, 2.45) is 0 Å². The summed E-state index contributed by atoms with van der Waals surface area (Å²) < 4.78 is 186. The predicted molar refractivity (Wildman–Crippen MR) is 350 cm³/mol. The average Bonchev–Trinajstić information content (AvgIpc) is 0.778. The molecule has 9 atom stereocenters. The van der Waals surface area contributed by atoms with Crippen LogP contribution in [0.2, 0.25) is 0 Å². The van der Waals surface area contributed by atoms with E-state index in [1.165, 1.54) is 40.6 Å². The Labute approximate surface area is 561 Å². The summed E-state index contributed by atoms with van der Waals surface area (Å²) in [7, 11) is 1.73. The molecule has 2 aliphatic rings. The number of benzene rings is 6. The Balaban J connectivity index is 1.24. The SMILES string of the molecule is CCCCCCCCCCS(=O)(=O)N[C@H]1C(COCc2ccc(OC)cc2)OCC(NC(=O)Nc2cccc(C(F)(F)F)c2)[C@H]1O[C@@H]1OC(COCc2ccc(OC)cc2)[C@H](OCc2ccc(OC)cc2)[C@H](OCc2ccc(OC)cc2)C1NC(=O)Nc1cccc(C(F)(F)F)c1. The summed E-state index contributed by atoms with van der Waals surface area (Å²) in [5, 5.41) is 10.6. The molecular weight excluding hydrogens is 1300 g/mol. The molecule has 6 aromatic rings. The molecule has 0 aliphatic carbocycles. The summed E-state index contributed by atoms with van der Waals surface area (Å²) >= 11 is 0. The zero-order chi connectivity index (χ0) is 69.4. The fourth-order valence-corrected chi connectivity index (χ4v) is 12.5. The second kappa shape index (κ2) is 36.7. The highest BCUT2D eigenvalue weighted by molar-refractivity contribution is 7.89. The zero-order valence-corrected chi connectivity index (χ0v) is 55.5. The number of carbonyl (C=O) groups is 2. The van der Waals surface area contributed by atoms with Gasteiger partial charge in [0.2, 0.25) is 10.0 Å². The molecule has 0 radical (unpaired) electrons. The van der Waals surface area contributed by atoms with Gasteiger partial charge in [-0.1, -0.05) is 113 Å². The third-order valence-corrected chi connectivity index (χ3v) is 17.8. The van der Waals surface area contributed by atoms with Gasteiger partial charge in [-0.2, -0.15) is 26.3 Å². The standard InChI is InChI=1S/C70H85F6N5O15S/c1-6-7-8-9-10-11-12-13-36-97(84,85)81-61-59(44-90-39-46-20-28-54(86-2)29-21-46)92-43-58(79-67(82)77-52-18-14-16-50(37-52)69(71,72)73)63(61)96-66-62(80-68(83)78-53-19-15-17-51(38-53)70(74,75)76)65(94-42-49-26-34-57(89-5)35-27-49)64(93-41-48-24-32-56(88-4)33-25-48)60(95-66)45-91-40-47-22-30-55(87-3)31-23-47/h14-35,37-38,58-66,81H,6-13,36,39-45H2,1-5H3,(H2,77,79,82)(H2,78,80,83)/t58?,59?,60?,61-,62?,63+,64-,65+,66-/m0/s1. The number of ether oxygens (including phenoxy) is 11. The average molecular weight is 1380 g/mol. The van der Waals surface area contributed by atoms with Crippen LogP contribution in [0.4, 0.5) is 47.3 Å². The van der Waals surface area contributed by atoms with Crippen molar-refractivity contribution in [1.82, 2.24) is 15.4 Å². The number of hydrogen-bond donors (Lipinski definition) is 5. The van der Waals surface area contributed by atoms with Gasteiger partial charge in [0.25, 0.3) is 0 Å². The number of sulfonamides is 1. The van der Waals surface area contributed by atoms with Crippen LogP contribution in [-0.2, 0) is 82.0 Å². The molecule has 97 heavy (non-hydrogen) atoms. The number of urea groups is 2. The first-order chi connectivity index (χ1) is 46.6. The summed E-state index contributed by atoms with van der Waals surface area (Å²) in [6.07, 6.45) is -11.4. The summed E-state index contributed by atoms with van der Waals surface area (Å²) in [4.78, 5) is 29.1. The summed E-state index contributed by atoms with van der Waals surface area (Å²) in [5.74, 6) is 1.90. The summed E-state index contributed by atoms with van der Waals surface area (Å²) in [6.45, 7) is 0.780. The molecule has 2 heterocycles. The van der Waals surface area contributed by atoms with Gasteiger partial charge in [-0.15, -0.1) is 0 Å². The molecule has 0 bridgehead atoms. The number of methoxy groups -OCH3 is 4. The van der Waals surface area contributed by atoms with E-state index in [0.29, 0.717) is 46.1 Å². The second-order valence-corrected chi connectivity index (χ2v) is 25.3. The number of alkyl halides is 6. The van der Waals surface area contributed by atoms with E-state index >= 15 is 0 Å². The van der Waals surface area contributed by atoms with Crippen LogP contribution in [0.25, 0.3) is 0 Å². The van der Waals surface area contributed by atoms with Gasteiger partial charge < -0.3 is 73.4 Å². The number of unbranched alkanes of at least 4 members (excludes halogenated alkanes) is 7. The first-order valence-electron chi connectivity index (χ1n) is 32.0. The third-order valence-electron chi connectivity index (χ3n) is 16.3. The Morgan fingerprint density at radius 1 is 0.505 bits per heavy atom. The molecule has 27 heteroatoms. The molecule has 20 nitrogen and oxygen atoms in total. The topological polar surface area (TPSA) is 230 Å². The van der Waals surface area contributed by atoms with Crippen LogP contribution in [0.1, 0.15) is 91.7 Å². The molecule has 0 spiro atoms. The Morgan fingerprint density at radius 2 is 0.928 bits per heavy atom. The van der Waals surface area contributed by atoms with Gasteiger partial charge in [-0.25, -0.2) is 22.7 Å². The first-order valence-corrected chi connectivity index (χ1v) is 33.6. The maximum atomic E-state index is 14.8. The van der Waals surface area contributed by atoms with Crippen molar-refractivity contribution in [3.8, 4) is 23.0 Å². The van der Waals surface area contributed by atoms with Gasteiger partial charge in [-0.05, 0) is 114 Å². The summed E-state index contributed by atoms with van der Waals surface area (Å²) in [6, 6.07) is 29.1. The van der Waals surface area contributed by atoms with Crippen molar-refractivity contribution < 1.29 is 96.5 Å². The number of rotatable bonds is 35. The van der Waals surface area contributed by atoms with Gasteiger partial charge in [-0.3, -0.25) is 0 Å². The highest BCUT2D eigenvalue weighted by Crippen LogP contribution is 2.36. The van der Waals surface area contributed by atoms with Gasteiger partial charge >= 0.3 is 24.4 Å². The van der Waals surface area contributed by atoms with Crippen molar-refractivity contribution >= 4 is 33.5 Å². The van der Waals surface area contributed by atoms with Crippen molar-refractivity contribution in [3.63, 3.8) is 0 Å². The Kier molecular flexibility index (Phi) is 28.4. The maximum Gasteiger partial charge on any atom is 0.416 e. The molecule has 4 unspecified atom stereocenters. The molecule has 8 rings (SSSR count). The Bertz CT molecular complexity index is 3490.